The maximum atomic E-state index is 12.7. The molecule has 1 aliphatic carbocycles. The SMILES string of the molecule is CCOc1ccccc1C(=O)N[C@H](C(=O)OCC(=O)N[C@H]1CCCC[C@@H]1C)C(C)C. The Morgan fingerprint density at radius 3 is 2.50 bits per heavy atom. The zero-order valence-electron chi connectivity index (χ0n) is 18.4. The molecule has 0 bridgehead atoms. The lowest BCUT2D eigenvalue weighted by atomic mass is 9.86. The molecule has 2 rings (SSSR count). The predicted octanol–water partition coefficient (Wildman–Crippen LogP) is 3.08. The molecule has 2 amide bonds. The Morgan fingerprint density at radius 1 is 1.13 bits per heavy atom. The van der Waals surface area contributed by atoms with E-state index in [0.717, 1.165) is 19.3 Å². The second-order valence-corrected chi connectivity index (χ2v) is 8.17. The third-order valence-corrected chi connectivity index (χ3v) is 5.44. The van der Waals surface area contributed by atoms with Crippen LogP contribution in [0.1, 0.15) is 63.7 Å². The second kappa shape index (κ2) is 11.6. The molecule has 1 saturated carbocycles. The standard InChI is InChI=1S/C23H34N2O5/c1-5-29-19-13-9-7-11-17(19)22(27)25-21(15(2)3)23(28)30-14-20(26)24-18-12-8-6-10-16(18)4/h7,9,11,13,15-16,18,21H,5-6,8,10,12,14H2,1-4H3,(H,24,26)(H,25,27)/t16-,18-,21-/m0/s1. The normalized spacial score (nSPS) is 19.6. The van der Waals surface area contributed by atoms with Crippen molar-refractivity contribution >= 4 is 17.8 Å². The summed E-state index contributed by atoms with van der Waals surface area (Å²) in [4.78, 5) is 37.5. The van der Waals surface area contributed by atoms with Crippen molar-refractivity contribution in [3.63, 3.8) is 0 Å². The fraction of sp³-hybridized carbons (Fsp3) is 0.609. The van der Waals surface area contributed by atoms with Crippen LogP contribution in [0.25, 0.3) is 0 Å². The highest BCUT2D eigenvalue weighted by Gasteiger charge is 2.28. The number of esters is 1. The van der Waals surface area contributed by atoms with E-state index in [1.165, 1.54) is 6.42 Å². The largest absolute Gasteiger partial charge is 0.493 e. The molecule has 1 aromatic carbocycles. The van der Waals surface area contributed by atoms with Gasteiger partial charge in [0.05, 0.1) is 12.2 Å². The van der Waals surface area contributed by atoms with E-state index < -0.39 is 17.9 Å². The van der Waals surface area contributed by atoms with Crippen LogP contribution in [0.5, 0.6) is 5.75 Å². The van der Waals surface area contributed by atoms with Gasteiger partial charge in [-0.3, -0.25) is 9.59 Å². The lowest BCUT2D eigenvalue weighted by molar-refractivity contribution is -0.151. The third kappa shape index (κ3) is 6.75. The van der Waals surface area contributed by atoms with Gasteiger partial charge in [-0.15, -0.1) is 0 Å². The van der Waals surface area contributed by atoms with Crippen molar-refractivity contribution in [1.82, 2.24) is 10.6 Å². The molecule has 3 atom stereocenters. The summed E-state index contributed by atoms with van der Waals surface area (Å²) >= 11 is 0. The molecule has 2 N–H and O–H groups in total. The van der Waals surface area contributed by atoms with Crippen molar-refractivity contribution in [3.05, 3.63) is 29.8 Å². The third-order valence-electron chi connectivity index (χ3n) is 5.44. The summed E-state index contributed by atoms with van der Waals surface area (Å²) in [6.45, 7) is 7.66. The summed E-state index contributed by atoms with van der Waals surface area (Å²) in [5.74, 6) is -0.685. The van der Waals surface area contributed by atoms with Crippen molar-refractivity contribution in [1.29, 1.82) is 0 Å². The van der Waals surface area contributed by atoms with Crippen LogP contribution in [0.15, 0.2) is 24.3 Å². The van der Waals surface area contributed by atoms with Crippen molar-refractivity contribution < 1.29 is 23.9 Å². The van der Waals surface area contributed by atoms with Crippen molar-refractivity contribution in [3.8, 4) is 5.75 Å². The molecule has 1 aliphatic rings. The Balaban J connectivity index is 1.93. The van der Waals surface area contributed by atoms with Gasteiger partial charge in [0, 0.05) is 6.04 Å². The molecule has 0 radical (unpaired) electrons. The van der Waals surface area contributed by atoms with Crippen molar-refractivity contribution in [2.75, 3.05) is 13.2 Å². The minimum Gasteiger partial charge on any atom is -0.493 e. The first kappa shape index (κ1) is 23.7. The first-order valence-electron chi connectivity index (χ1n) is 10.8. The van der Waals surface area contributed by atoms with E-state index in [4.69, 9.17) is 9.47 Å². The van der Waals surface area contributed by atoms with Crippen molar-refractivity contribution in [2.45, 2.75) is 65.5 Å². The summed E-state index contributed by atoms with van der Waals surface area (Å²) in [5, 5.41) is 5.68. The van der Waals surface area contributed by atoms with Crippen LogP contribution in [-0.4, -0.2) is 43.1 Å². The fourth-order valence-electron chi connectivity index (χ4n) is 3.66. The van der Waals surface area contributed by atoms with Crippen LogP contribution < -0.4 is 15.4 Å². The minimum atomic E-state index is -0.867. The molecular weight excluding hydrogens is 384 g/mol. The molecular formula is C23H34N2O5. The number of amides is 2. The minimum absolute atomic E-state index is 0.126. The molecule has 0 aliphatic heterocycles. The summed E-state index contributed by atoms with van der Waals surface area (Å²) < 4.78 is 10.7. The van der Waals surface area contributed by atoms with Crippen LogP contribution in [0.4, 0.5) is 0 Å². The van der Waals surface area contributed by atoms with E-state index in [1.807, 2.05) is 20.8 Å². The number of carbonyl (C=O) groups excluding carboxylic acids is 3. The fourth-order valence-corrected chi connectivity index (χ4v) is 3.66. The topological polar surface area (TPSA) is 93.7 Å². The highest BCUT2D eigenvalue weighted by Crippen LogP contribution is 2.23. The summed E-state index contributed by atoms with van der Waals surface area (Å²) in [6.07, 6.45) is 4.32. The van der Waals surface area contributed by atoms with Gasteiger partial charge < -0.3 is 20.1 Å². The Kier molecular flexibility index (Phi) is 9.15. The molecule has 7 heteroatoms. The average Bonchev–Trinajstić information content (AvgIpc) is 2.72. The summed E-state index contributed by atoms with van der Waals surface area (Å²) in [6, 6.07) is 6.12. The molecule has 1 fully saturated rings. The summed E-state index contributed by atoms with van der Waals surface area (Å²) in [5.41, 5.74) is 0.349. The zero-order chi connectivity index (χ0) is 22.1. The van der Waals surface area contributed by atoms with Gasteiger partial charge in [-0.2, -0.15) is 0 Å². The van der Waals surface area contributed by atoms with E-state index in [0.29, 0.717) is 23.8 Å². The molecule has 7 nitrogen and oxygen atoms in total. The molecule has 166 valence electrons. The number of para-hydroxylation sites is 1. The Morgan fingerprint density at radius 2 is 1.83 bits per heavy atom. The van der Waals surface area contributed by atoms with E-state index in [9.17, 15) is 14.4 Å². The molecule has 0 saturated heterocycles. The average molecular weight is 419 g/mol. The lowest BCUT2D eigenvalue weighted by Crippen LogP contribution is -2.47. The first-order chi connectivity index (χ1) is 14.3. The van der Waals surface area contributed by atoms with Gasteiger partial charge >= 0.3 is 5.97 Å². The number of carbonyl (C=O) groups is 3. The van der Waals surface area contributed by atoms with Crippen molar-refractivity contribution in [2.24, 2.45) is 11.8 Å². The van der Waals surface area contributed by atoms with Gasteiger partial charge in [0.15, 0.2) is 6.61 Å². The predicted molar refractivity (Wildman–Crippen MR) is 114 cm³/mol. The maximum absolute atomic E-state index is 12.7. The summed E-state index contributed by atoms with van der Waals surface area (Å²) in [7, 11) is 0. The van der Waals surface area contributed by atoms with Crippen LogP contribution in [0.2, 0.25) is 0 Å². The monoisotopic (exact) mass is 418 g/mol. The number of ether oxygens (including phenoxy) is 2. The quantitative estimate of drug-likeness (QED) is 0.601. The zero-order valence-corrected chi connectivity index (χ0v) is 18.4. The van der Waals surface area contributed by atoms with Crippen LogP contribution in [-0.2, 0) is 14.3 Å². The van der Waals surface area contributed by atoms with E-state index >= 15 is 0 Å². The number of hydrogen-bond acceptors (Lipinski definition) is 5. The van der Waals surface area contributed by atoms with Gasteiger partial charge in [0.25, 0.3) is 11.8 Å². The van der Waals surface area contributed by atoms with Crippen LogP contribution in [0.3, 0.4) is 0 Å². The Bertz CT molecular complexity index is 734. The van der Waals surface area contributed by atoms with Gasteiger partial charge in [-0.05, 0) is 43.7 Å². The highest BCUT2D eigenvalue weighted by molar-refractivity contribution is 5.99. The molecule has 0 unspecified atom stereocenters. The number of hydrogen-bond donors (Lipinski definition) is 2. The number of benzene rings is 1. The highest BCUT2D eigenvalue weighted by atomic mass is 16.5. The first-order valence-corrected chi connectivity index (χ1v) is 10.8. The van der Waals surface area contributed by atoms with Gasteiger partial charge in [-0.25, -0.2) is 4.79 Å². The maximum Gasteiger partial charge on any atom is 0.329 e. The lowest BCUT2D eigenvalue weighted by Gasteiger charge is -2.29. The number of rotatable bonds is 9. The van der Waals surface area contributed by atoms with E-state index in [-0.39, 0.29) is 24.5 Å². The van der Waals surface area contributed by atoms with E-state index in [1.54, 1.807) is 24.3 Å². The Labute approximate surface area is 178 Å². The molecule has 0 aromatic heterocycles. The smallest absolute Gasteiger partial charge is 0.329 e. The molecule has 0 spiro atoms. The van der Waals surface area contributed by atoms with Gasteiger partial charge in [0.2, 0.25) is 0 Å². The van der Waals surface area contributed by atoms with Gasteiger partial charge in [-0.1, -0.05) is 45.7 Å². The van der Waals surface area contributed by atoms with Crippen LogP contribution >= 0.6 is 0 Å². The number of nitrogens with one attached hydrogen (secondary N) is 2. The molecule has 30 heavy (non-hydrogen) atoms. The van der Waals surface area contributed by atoms with E-state index in [2.05, 4.69) is 17.6 Å². The second-order valence-electron chi connectivity index (χ2n) is 8.17. The molecule has 1 aromatic rings. The van der Waals surface area contributed by atoms with Gasteiger partial charge in [0.1, 0.15) is 11.8 Å². The molecule has 0 heterocycles. The Hall–Kier alpha value is -2.57. The van der Waals surface area contributed by atoms with Crippen LogP contribution in [0, 0.1) is 11.8 Å².